The van der Waals surface area contributed by atoms with E-state index in [-0.39, 0.29) is 17.9 Å². The number of carboxylic acid groups (broad SMARTS) is 2. The molecule has 236 valence electrons. The molecule has 1 aliphatic rings. The van der Waals surface area contributed by atoms with Gasteiger partial charge in [-0.25, -0.2) is 14.4 Å². The molecular formula is C26H31NO15S. The molecule has 2 aromatic carbocycles. The van der Waals surface area contributed by atoms with Crippen LogP contribution in [0.15, 0.2) is 48.5 Å². The number of benzene rings is 2. The Morgan fingerprint density at radius 3 is 2.07 bits per heavy atom. The molecule has 0 bridgehead atoms. The van der Waals surface area contributed by atoms with E-state index in [0.717, 1.165) is 6.07 Å². The van der Waals surface area contributed by atoms with Gasteiger partial charge in [0.15, 0.2) is 17.6 Å². The van der Waals surface area contributed by atoms with Crippen molar-refractivity contribution in [1.29, 1.82) is 0 Å². The fourth-order valence-corrected chi connectivity index (χ4v) is 4.44. The van der Waals surface area contributed by atoms with Gasteiger partial charge >= 0.3 is 28.4 Å². The van der Waals surface area contributed by atoms with Crippen molar-refractivity contribution in [2.45, 2.75) is 69.5 Å². The summed E-state index contributed by atoms with van der Waals surface area (Å²) < 4.78 is 50.7. The number of aliphatic hydroxyl groups is 3. The van der Waals surface area contributed by atoms with Gasteiger partial charge in [-0.1, -0.05) is 24.3 Å². The van der Waals surface area contributed by atoms with Gasteiger partial charge in [0, 0.05) is 6.42 Å². The first kappa shape index (κ1) is 33.3. The Morgan fingerprint density at radius 1 is 0.907 bits per heavy atom. The lowest BCUT2D eigenvalue weighted by molar-refractivity contribution is -0.271. The van der Waals surface area contributed by atoms with E-state index in [1.54, 1.807) is 20.8 Å². The number of carbonyl (C=O) groups is 3. The molecule has 43 heavy (non-hydrogen) atoms. The average Bonchev–Trinajstić information content (AvgIpc) is 2.89. The van der Waals surface area contributed by atoms with Gasteiger partial charge in [0.05, 0.1) is 0 Å². The number of ether oxygens (including phenoxy) is 3. The predicted molar refractivity (Wildman–Crippen MR) is 143 cm³/mol. The summed E-state index contributed by atoms with van der Waals surface area (Å²) in [6.45, 7) is 4.86. The number of rotatable bonds is 11. The zero-order valence-corrected chi connectivity index (χ0v) is 23.8. The van der Waals surface area contributed by atoms with Crippen LogP contribution in [-0.4, -0.2) is 94.3 Å². The molecule has 6 atom stereocenters. The van der Waals surface area contributed by atoms with Crippen molar-refractivity contribution in [3.63, 3.8) is 0 Å². The van der Waals surface area contributed by atoms with Crippen molar-refractivity contribution in [1.82, 2.24) is 5.32 Å². The minimum absolute atomic E-state index is 0.160. The summed E-state index contributed by atoms with van der Waals surface area (Å²) in [4.78, 5) is 34.9. The quantitative estimate of drug-likeness (QED) is 0.194. The van der Waals surface area contributed by atoms with Crippen molar-refractivity contribution in [2.24, 2.45) is 0 Å². The van der Waals surface area contributed by atoms with Gasteiger partial charge in [-0.2, -0.15) is 0 Å². The summed E-state index contributed by atoms with van der Waals surface area (Å²) in [5.41, 5.74) is -0.432. The number of alkyl carbamates (subject to hydrolysis) is 1. The van der Waals surface area contributed by atoms with Crippen LogP contribution in [0, 0.1) is 0 Å². The molecular weight excluding hydrogens is 598 g/mol. The van der Waals surface area contributed by atoms with Crippen molar-refractivity contribution in [2.75, 3.05) is 0 Å². The first-order chi connectivity index (χ1) is 20.0. The second-order valence-corrected chi connectivity index (χ2v) is 11.4. The molecule has 2 aromatic rings. The lowest BCUT2D eigenvalue weighted by atomic mass is 9.99. The fraction of sp³-hybridized carbons (Fsp3) is 0.423. The second-order valence-electron chi connectivity index (χ2n) is 10.3. The largest absolute Gasteiger partial charge is 0.501 e. The van der Waals surface area contributed by atoms with E-state index in [1.165, 1.54) is 42.5 Å². The predicted octanol–water partition coefficient (Wildman–Crippen LogP) is 0.181. The lowest BCUT2D eigenvalue weighted by Gasteiger charge is -2.38. The molecule has 16 nitrogen and oxygen atoms in total. The van der Waals surface area contributed by atoms with Gasteiger partial charge in [0.1, 0.15) is 35.7 Å². The molecule has 1 unspecified atom stereocenters. The van der Waals surface area contributed by atoms with E-state index >= 15 is 0 Å². The molecule has 1 heterocycles. The Morgan fingerprint density at radius 2 is 1.51 bits per heavy atom. The molecule has 3 rings (SSSR count). The summed E-state index contributed by atoms with van der Waals surface area (Å²) in [5, 5.41) is 50.9. The van der Waals surface area contributed by atoms with Crippen LogP contribution >= 0.6 is 0 Å². The number of nitrogens with one attached hydrogen (secondary N) is 1. The van der Waals surface area contributed by atoms with Crippen molar-refractivity contribution in [3.05, 3.63) is 54.1 Å². The number of amides is 1. The molecule has 0 aromatic heterocycles. The van der Waals surface area contributed by atoms with Crippen LogP contribution < -0.4 is 18.4 Å². The molecule has 0 radical (unpaired) electrons. The summed E-state index contributed by atoms with van der Waals surface area (Å²) in [5.74, 6) is -3.99. The lowest BCUT2D eigenvalue weighted by Crippen LogP contribution is -2.61. The topological polar surface area (TPSA) is 245 Å². The minimum atomic E-state index is -4.83. The van der Waals surface area contributed by atoms with Gasteiger partial charge < -0.3 is 53.4 Å². The summed E-state index contributed by atoms with van der Waals surface area (Å²) in [6, 6.07) is 8.95. The highest BCUT2D eigenvalue weighted by Crippen LogP contribution is 2.32. The molecule has 1 saturated heterocycles. The van der Waals surface area contributed by atoms with Gasteiger partial charge in [0.2, 0.25) is 6.29 Å². The highest BCUT2D eigenvalue weighted by Gasteiger charge is 2.48. The minimum Gasteiger partial charge on any atom is -0.480 e. The number of aliphatic carboxylic acids is 2. The number of aliphatic hydroxyl groups excluding tert-OH is 3. The van der Waals surface area contributed by atoms with Crippen molar-refractivity contribution >= 4 is 28.4 Å². The maximum Gasteiger partial charge on any atom is 0.501 e. The Bertz CT molecular complexity index is 1410. The summed E-state index contributed by atoms with van der Waals surface area (Å²) in [7, 11) is -4.83. The Balaban J connectivity index is 1.67. The van der Waals surface area contributed by atoms with E-state index in [9.17, 15) is 48.3 Å². The summed E-state index contributed by atoms with van der Waals surface area (Å²) >= 11 is 0. The Labute approximate surface area is 245 Å². The van der Waals surface area contributed by atoms with Crippen molar-refractivity contribution in [3.8, 4) is 17.2 Å². The average molecular weight is 630 g/mol. The normalized spacial score (nSPS) is 23.0. The Kier molecular flexibility index (Phi) is 10.4. The van der Waals surface area contributed by atoms with Crippen LogP contribution in [0.1, 0.15) is 26.3 Å². The van der Waals surface area contributed by atoms with Gasteiger partial charge in [-0.15, -0.1) is 8.42 Å². The molecule has 0 saturated carbocycles. The number of para-hydroxylation sites is 2. The molecule has 6 N–H and O–H groups in total. The molecule has 1 amide bonds. The number of carboxylic acids is 2. The fourth-order valence-electron chi connectivity index (χ4n) is 3.70. The number of hydrogen-bond acceptors (Lipinski definition) is 13. The second kappa shape index (κ2) is 13.4. The first-order valence-corrected chi connectivity index (χ1v) is 13.9. The smallest absolute Gasteiger partial charge is 0.480 e. The van der Waals surface area contributed by atoms with Gasteiger partial charge in [-0.05, 0) is 50.6 Å². The van der Waals surface area contributed by atoms with E-state index < -0.39 is 76.5 Å². The van der Waals surface area contributed by atoms with E-state index in [0.29, 0.717) is 5.56 Å². The number of hydrogen-bond donors (Lipinski definition) is 6. The third-order valence-corrected chi connectivity index (χ3v) is 6.43. The zero-order chi connectivity index (χ0) is 32.1. The van der Waals surface area contributed by atoms with Crippen LogP contribution in [-0.2, 0) is 35.9 Å². The standard InChI is InChI=1S/C26H31NO15S/c1-26(2,3)40-25(35)27-15(22(31)32)12-13-8-10-14(11-9-13)41-43(36,37)42-17-7-5-4-6-16(17)38-24-20(30)18(28)19(29)21(39-24)23(33)34/h4-11,15,18-21,24,28-30H,12H2,1-3H3,(H,27,35)(H,31,32)(H,33,34)/t15?,18-,19-,20+,21-,24+/m0/s1. The maximum absolute atomic E-state index is 12.6. The molecule has 0 aliphatic carbocycles. The van der Waals surface area contributed by atoms with E-state index in [1.807, 2.05) is 0 Å². The maximum atomic E-state index is 12.6. The highest BCUT2D eigenvalue weighted by molar-refractivity contribution is 7.82. The molecule has 1 fully saturated rings. The van der Waals surface area contributed by atoms with Crippen LogP contribution in [0.2, 0.25) is 0 Å². The van der Waals surface area contributed by atoms with Crippen LogP contribution in [0.25, 0.3) is 0 Å². The monoisotopic (exact) mass is 629 g/mol. The van der Waals surface area contributed by atoms with Gasteiger partial charge in [-0.3, -0.25) is 0 Å². The van der Waals surface area contributed by atoms with E-state index in [2.05, 4.69) is 5.32 Å². The van der Waals surface area contributed by atoms with Crippen LogP contribution in [0.4, 0.5) is 4.79 Å². The third kappa shape index (κ3) is 9.42. The molecule has 17 heteroatoms. The van der Waals surface area contributed by atoms with E-state index in [4.69, 9.17) is 22.6 Å². The molecule has 1 aliphatic heterocycles. The van der Waals surface area contributed by atoms with Crippen LogP contribution in [0.5, 0.6) is 17.2 Å². The zero-order valence-electron chi connectivity index (χ0n) is 23.0. The van der Waals surface area contributed by atoms with Gasteiger partial charge in [0.25, 0.3) is 0 Å². The molecule has 0 spiro atoms. The Hall–Kier alpha value is -4.16. The summed E-state index contributed by atoms with van der Waals surface area (Å²) in [6.07, 6.45) is -10.7. The first-order valence-electron chi connectivity index (χ1n) is 12.6. The number of carbonyl (C=O) groups excluding carboxylic acids is 1. The highest BCUT2D eigenvalue weighted by atomic mass is 32.3. The third-order valence-electron chi connectivity index (χ3n) is 5.65. The SMILES string of the molecule is CC(C)(C)OC(=O)NC(Cc1ccc(OS(=O)(=O)Oc2ccccc2O[C@@H]2O[C@H](C(=O)O)[C@@H](O)[C@H](O)[C@H]2O)cc1)C(=O)O. The van der Waals surface area contributed by atoms with Crippen molar-refractivity contribution < 1.29 is 70.9 Å². The van der Waals surface area contributed by atoms with Crippen LogP contribution in [0.3, 0.4) is 0 Å².